The summed E-state index contributed by atoms with van der Waals surface area (Å²) in [6.07, 6.45) is 0. The molecule has 2 aromatic carbocycles. The van der Waals surface area contributed by atoms with Crippen molar-refractivity contribution in [2.24, 2.45) is 11.1 Å². The van der Waals surface area contributed by atoms with Crippen LogP contribution in [-0.2, 0) is 11.3 Å². The molecule has 0 saturated heterocycles. The van der Waals surface area contributed by atoms with Gasteiger partial charge in [-0.15, -0.1) is 0 Å². The number of carbonyl (C=O) groups excluding carboxylic acids is 2. The molecular formula is C21H27N3O2. The molecule has 0 fully saturated rings. The number of carbonyl (C=O) groups is 2. The largest absolute Gasteiger partial charge is 0.351 e. The summed E-state index contributed by atoms with van der Waals surface area (Å²) in [4.78, 5) is 24.4. The lowest BCUT2D eigenvalue weighted by atomic mass is 9.87. The molecule has 0 radical (unpaired) electrons. The predicted octanol–water partition coefficient (Wildman–Crippen LogP) is 3.24. The predicted molar refractivity (Wildman–Crippen MR) is 105 cm³/mol. The molecule has 5 nitrogen and oxygen atoms in total. The second-order valence-electron chi connectivity index (χ2n) is 7.58. The number of hydrogen-bond donors (Lipinski definition) is 3. The molecule has 2 aromatic rings. The minimum Gasteiger partial charge on any atom is -0.351 e. The van der Waals surface area contributed by atoms with Crippen LogP contribution in [0.15, 0.2) is 48.5 Å². The summed E-state index contributed by atoms with van der Waals surface area (Å²) in [5, 5.41) is 5.72. The molecule has 0 aliphatic rings. The molecule has 0 heterocycles. The molecule has 5 heteroatoms. The van der Waals surface area contributed by atoms with Gasteiger partial charge in [-0.05, 0) is 42.2 Å². The van der Waals surface area contributed by atoms with Gasteiger partial charge in [0.1, 0.15) is 0 Å². The van der Waals surface area contributed by atoms with Gasteiger partial charge in [-0.3, -0.25) is 9.59 Å². The third kappa shape index (κ3) is 5.43. The highest BCUT2D eigenvalue weighted by atomic mass is 16.2. The fourth-order valence-electron chi connectivity index (χ4n) is 2.36. The summed E-state index contributed by atoms with van der Waals surface area (Å²) < 4.78 is 0. The Morgan fingerprint density at radius 3 is 2.35 bits per heavy atom. The van der Waals surface area contributed by atoms with Gasteiger partial charge in [-0.25, -0.2) is 0 Å². The van der Waals surface area contributed by atoms with Crippen LogP contribution in [0.25, 0.3) is 0 Å². The number of aryl methyl sites for hydroxylation is 1. The fraction of sp³-hybridized carbons (Fsp3) is 0.333. The van der Waals surface area contributed by atoms with Crippen LogP contribution in [-0.4, -0.2) is 17.9 Å². The van der Waals surface area contributed by atoms with Crippen LogP contribution in [0.3, 0.4) is 0 Å². The van der Waals surface area contributed by atoms with Gasteiger partial charge in [0.2, 0.25) is 5.91 Å². The minimum atomic E-state index is -0.577. The standard InChI is InChI=1S/C21H27N3O2/c1-14-8-10-16(11-9-14)19(25)24-17-7-5-6-15(12-17)13-23-20(26)18(22)21(2,3)4/h5-12,18H,13,22H2,1-4H3,(H,23,26)(H,24,25)/t18-/m1/s1. The molecular weight excluding hydrogens is 326 g/mol. The van der Waals surface area contributed by atoms with E-state index in [1.54, 1.807) is 12.1 Å². The van der Waals surface area contributed by atoms with Gasteiger partial charge < -0.3 is 16.4 Å². The van der Waals surface area contributed by atoms with Crippen molar-refractivity contribution in [1.82, 2.24) is 5.32 Å². The van der Waals surface area contributed by atoms with E-state index in [0.29, 0.717) is 17.8 Å². The monoisotopic (exact) mass is 353 g/mol. The van der Waals surface area contributed by atoms with Crippen molar-refractivity contribution in [2.75, 3.05) is 5.32 Å². The Balaban J connectivity index is 1.98. The first-order chi connectivity index (χ1) is 12.2. The number of anilines is 1. The van der Waals surface area contributed by atoms with E-state index in [2.05, 4.69) is 10.6 Å². The lowest BCUT2D eigenvalue weighted by Gasteiger charge is -2.25. The molecule has 0 unspecified atom stereocenters. The zero-order valence-electron chi connectivity index (χ0n) is 15.8. The average Bonchev–Trinajstić information content (AvgIpc) is 2.59. The summed E-state index contributed by atoms with van der Waals surface area (Å²) in [6.45, 7) is 8.12. The molecule has 0 saturated carbocycles. The average molecular weight is 353 g/mol. The molecule has 2 rings (SSSR count). The summed E-state index contributed by atoms with van der Waals surface area (Å²) >= 11 is 0. The zero-order valence-corrected chi connectivity index (χ0v) is 15.8. The van der Waals surface area contributed by atoms with Crippen molar-refractivity contribution in [2.45, 2.75) is 40.3 Å². The third-order valence-electron chi connectivity index (χ3n) is 4.18. The first kappa shape index (κ1) is 19.7. The molecule has 26 heavy (non-hydrogen) atoms. The van der Waals surface area contributed by atoms with Gasteiger partial charge in [0, 0.05) is 17.8 Å². The van der Waals surface area contributed by atoms with Gasteiger partial charge in [-0.2, -0.15) is 0 Å². The highest BCUT2D eigenvalue weighted by Crippen LogP contribution is 2.18. The van der Waals surface area contributed by atoms with Crippen molar-refractivity contribution in [3.8, 4) is 0 Å². The van der Waals surface area contributed by atoms with E-state index in [1.807, 2.05) is 64.1 Å². The topological polar surface area (TPSA) is 84.2 Å². The molecule has 0 aromatic heterocycles. The summed E-state index contributed by atoms with van der Waals surface area (Å²) in [5.74, 6) is -0.354. The molecule has 4 N–H and O–H groups in total. The van der Waals surface area contributed by atoms with E-state index in [4.69, 9.17) is 5.73 Å². The Bertz CT molecular complexity index is 777. The summed E-state index contributed by atoms with van der Waals surface area (Å²) in [7, 11) is 0. The van der Waals surface area contributed by atoms with E-state index in [9.17, 15) is 9.59 Å². The van der Waals surface area contributed by atoms with Gasteiger partial charge in [-0.1, -0.05) is 50.6 Å². The molecule has 1 atom stereocenters. The molecule has 0 aliphatic carbocycles. The summed E-state index contributed by atoms with van der Waals surface area (Å²) in [6, 6.07) is 14.2. The van der Waals surface area contributed by atoms with Gasteiger partial charge in [0.05, 0.1) is 6.04 Å². The minimum absolute atomic E-state index is 0.166. The van der Waals surface area contributed by atoms with Crippen molar-refractivity contribution in [3.05, 3.63) is 65.2 Å². The van der Waals surface area contributed by atoms with E-state index in [1.165, 1.54) is 0 Å². The second-order valence-corrected chi connectivity index (χ2v) is 7.58. The highest BCUT2D eigenvalue weighted by Gasteiger charge is 2.27. The quantitative estimate of drug-likeness (QED) is 0.771. The second kappa shape index (κ2) is 8.15. The Kier molecular flexibility index (Phi) is 6.16. The third-order valence-corrected chi connectivity index (χ3v) is 4.18. The number of hydrogen-bond acceptors (Lipinski definition) is 3. The van der Waals surface area contributed by atoms with E-state index >= 15 is 0 Å². The van der Waals surface area contributed by atoms with E-state index < -0.39 is 6.04 Å². The maximum atomic E-state index is 12.3. The molecule has 0 bridgehead atoms. The number of nitrogens with one attached hydrogen (secondary N) is 2. The fourth-order valence-corrected chi connectivity index (χ4v) is 2.36. The van der Waals surface area contributed by atoms with Gasteiger partial charge >= 0.3 is 0 Å². The SMILES string of the molecule is Cc1ccc(C(=O)Nc2cccc(CNC(=O)[C@@H](N)C(C)(C)C)c2)cc1. The Labute approximate surface area is 155 Å². The van der Waals surface area contributed by atoms with E-state index in [0.717, 1.165) is 11.1 Å². The number of nitrogens with two attached hydrogens (primary N) is 1. The van der Waals surface area contributed by atoms with Crippen molar-refractivity contribution in [1.29, 1.82) is 0 Å². The van der Waals surface area contributed by atoms with Gasteiger partial charge in [0.25, 0.3) is 5.91 Å². The highest BCUT2D eigenvalue weighted by molar-refractivity contribution is 6.04. The smallest absolute Gasteiger partial charge is 0.255 e. The van der Waals surface area contributed by atoms with Crippen LogP contribution in [0.2, 0.25) is 0 Å². The zero-order chi connectivity index (χ0) is 19.3. The van der Waals surface area contributed by atoms with Crippen LogP contribution >= 0.6 is 0 Å². The molecule has 2 amide bonds. The normalized spacial score (nSPS) is 12.3. The van der Waals surface area contributed by atoms with Crippen molar-refractivity contribution < 1.29 is 9.59 Å². The van der Waals surface area contributed by atoms with Crippen LogP contribution in [0.5, 0.6) is 0 Å². The molecule has 138 valence electrons. The Hall–Kier alpha value is -2.66. The maximum absolute atomic E-state index is 12.3. The number of benzene rings is 2. The van der Waals surface area contributed by atoms with Gasteiger partial charge in [0.15, 0.2) is 0 Å². The van der Waals surface area contributed by atoms with Crippen molar-refractivity contribution in [3.63, 3.8) is 0 Å². The van der Waals surface area contributed by atoms with Crippen LogP contribution < -0.4 is 16.4 Å². The van der Waals surface area contributed by atoms with Crippen LogP contribution in [0.1, 0.15) is 42.3 Å². The maximum Gasteiger partial charge on any atom is 0.255 e. The molecule has 0 aliphatic heterocycles. The number of amides is 2. The lowest BCUT2D eigenvalue weighted by molar-refractivity contribution is -0.124. The summed E-state index contributed by atoms with van der Waals surface area (Å²) in [5.41, 5.74) is 8.94. The van der Waals surface area contributed by atoms with Crippen LogP contribution in [0, 0.1) is 12.3 Å². The number of rotatable bonds is 5. The Morgan fingerprint density at radius 2 is 1.73 bits per heavy atom. The molecule has 0 spiro atoms. The first-order valence-corrected chi connectivity index (χ1v) is 8.67. The van der Waals surface area contributed by atoms with Crippen LogP contribution in [0.4, 0.5) is 5.69 Å². The Morgan fingerprint density at radius 1 is 1.08 bits per heavy atom. The first-order valence-electron chi connectivity index (χ1n) is 8.67. The lowest BCUT2D eigenvalue weighted by Crippen LogP contribution is -2.48. The van der Waals surface area contributed by atoms with Crippen molar-refractivity contribution >= 4 is 17.5 Å². The van der Waals surface area contributed by atoms with E-state index in [-0.39, 0.29) is 17.2 Å².